The van der Waals surface area contributed by atoms with Gasteiger partial charge in [-0.15, -0.1) is 0 Å². The molecular formula is C23H23F3N4O3. The van der Waals surface area contributed by atoms with Crippen LogP contribution in [0.15, 0.2) is 42.5 Å². The predicted octanol–water partition coefficient (Wildman–Crippen LogP) is 4.12. The van der Waals surface area contributed by atoms with Crippen LogP contribution in [-0.4, -0.2) is 53.3 Å². The Bertz CT molecular complexity index is 1150. The molecule has 0 bridgehead atoms. The molecule has 174 valence electrons. The second-order valence-electron chi connectivity index (χ2n) is 8.01. The van der Waals surface area contributed by atoms with E-state index >= 15 is 0 Å². The van der Waals surface area contributed by atoms with Crippen LogP contribution in [-0.2, 0) is 11.0 Å². The van der Waals surface area contributed by atoms with Crippen molar-refractivity contribution in [1.29, 1.82) is 0 Å². The Morgan fingerprint density at radius 2 is 1.85 bits per heavy atom. The van der Waals surface area contributed by atoms with Crippen LogP contribution in [0.25, 0.3) is 11.0 Å². The normalized spacial score (nSPS) is 15.5. The van der Waals surface area contributed by atoms with Crippen molar-refractivity contribution in [1.82, 2.24) is 14.9 Å². The summed E-state index contributed by atoms with van der Waals surface area (Å²) >= 11 is 0. The minimum absolute atomic E-state index is 0.0906. The molecule has 10 heteroatoms. The zero-order valence-electron chi connectivity index (χ0n) is 17.9. The molecule has 1 aliphatic heterocycles. The third kappa shape index (κ3) is 5.33. The van der Waals surface area contributed by atoms with E-state index in [-0.39, 0.29) is 35.2 Å². The number of aromatic amines is 1. The van der Waals surface area contributed by atoms with Crippen LogP contribution in [0.3, 0.4) is 0 Å². The molecule has 0 unspecified atom stereocenters. The van der Waals surface area contributed by atoms with Gasteiger partial charge in [0.15, 0.2) is 5.78 Å². The summed E-state index contributed by atoms with van der Waals surface area (Å²) in [5.41, 5.74) is 1.39. The SMILES string of the molecule is COc1ccc(C(=O)C2CCN(CC(=O)Nc3ccc4nc(C(F)(F)F)[nH]c4c3)CC2)cc1. The number of ether oxygens (including phenoxy) is 1. The quantitative estimate of drug-likeness (QED) is 0.541. The lowest BCUT2D eigenvalue weighted by Gasteiger charge is -2.30. The molecule has 1 aromatic heterocycles. The number of rotatable bonds is 6. The molecule has 0 spiro atoms. The van der Waals surface area contributed by atoms with Gasteiger partial charge in [-0.05, 0) is 68.4 Å². The van der Waals surface area contributed by atoms with Gasteiger partial charge >= 0.3 is 6.18 Å². The van der Waals surface area contributed by atoms with Crippen LogP contribution < -0.4 is 10.1 Å². The van der Waals surface area contributed by atoms with Gasteiger partial charge in [0.25, 0.3) is 0 Å². The summed E-state index contributed by atoms with van der Waals surface area (Å²) in [6, 6.07) is 11.4. The number of nitrogens with one attached hydrogen (secondary N) is 2. The Labute approximate surface area is 187 Å². The third-order valence-corrected chi connectivity index (χ3v) is 5.73. The Kier molecular flexibility index (Phi) is 6.37. The minimum Gasteiger partial charge on any atom is -0.497 e. The lowest BCUT2D eigenvalue weighted by molar-refractivity contribution is -0.144. The predicted molar refractivity (Wildman–Crippen MR) is 116 cm³/mol. The fourth-order valence-electron chi connectivity index (χ4n) is 3.97. The fraction of sp³-hybridized carbons (Fsp3) is 0.348. The molecule has 1 fully saturated rings. The van der Waals surface area contributed by atoms with Crippen molar-refractivity contribution in [3.05, 3.63) is 53.9 Å². The van der Waals surface area contributed by atoms with E-state index in [0.29, 0.717) is 42.9 Å². The Morgan fingerprint density at radius 3 is 2.48 bits per heavy atom. The second-order valence-corrected chi connectivity index (χ2v) is 8.01. The highest BCUT2D eigenvalue weighted by Gasteiger charge is 2.34. The van der Waals surface area contributed by atoms with Gasteiger partial charge in [-0.1, -0.05) is 0 Å². The molecule has 1 saturated heterocycles. The molecule has 1 aliphatic rings. The van der Waals surface area contributed by atoms with Crippen molar-refractivity contribution >= 4 is 28.4 Å². The average molecular weight is 460 g/mol. The molecule has 7 nitrogen and oxygen atoms in total. The van der Waals surface area contributed by atoms with Crippen LogP contribution in [0.5, 0.6) is 5.75 Å². The number of carbonyl (C=O) groups is 2. The van der Waals surface area contributed by atoms with E-state index in [9.17, 15) is 22.8 Å². The summed E-state index contributed by atoms with van der Waals surface area (Å²) in [6.45, 7) is 1.35. The van der Waals surface area contributed by atoms with Gasteiger partial charge in [-0.3, -0.25) is 14.5 Å². The van der Waals surface area contributed by atoms with Crippen molar-refractivity contribution < 1.29 is 27.5 Å². The summed E-state index contributed by atoms with van der Waals surface area (Å²) in [7, 11) is 1.57. The highest BCUT2D eigenvalue weighted by atomic mass is 19.4. The van der Waals surface area contributed by atoms with Crippen molar-refractivity contribution in [2.24, 2.45) is 5.92 Å². The number of amides is 1. The van der Waals surface area contributed by atoms with Crippen LogP contribution in [0.2, 0.25) is 0 Å². The molecule has 2 aromatic carbocycles. The zero-order valence-corrected chi connectivity index (χ0v) is 17.9. The van der Waals surface area contributed by atoms with E-state index in [1.807, 2.05) is 4.90 Å². The molecule has 0 radical (unpaired) electrons. The van der Waals surface area contributed by atoms with E-state index in [1.54, 1.807) is 31.4 Å². The Balaban J connectivity index is 1.29. The van der Waals surface area contributed by atoms with Gasteiger partial charge in [0, 0.05) is 17.2 Å². The molecule has 4 rings (SSSR count). The highest BCUT2D eigenvalue weighted by molar-refractivity contribution is 5.98. The number of carbonyl (C=O) groups excluding carboxylic acids is 2. The molecule has 33 heavy (non-hydrogen) atoms. The number of methoxy groups -OCH3 is 1. The summed E-state index contributed by atoms with van der Waals surface area (Å²) < 4.78 is 43.5. The molecule has 0 aliphatic carbocycles. The van der Waals surface area contributed by atoms with E-state index in [2.05, 4.69) is 15.3 Å². The summed E-state index contributed by atoms with van der Waals surface area (Å²) in [6.07, 6.45) is -3.26. The first-order valence-corrected chi connectivity index (χ1v) is 10.5. The van der Waals surface area contributed by atoms with Gasteiger partial charge in [-0.2, -0.15) is 13.2 Å². The van der Waals surface area contributed by atoms with E-state index in [1.165, 1.54) is 18.2 Å². The lowest BCUT2D eigenvalue weighted by atomic mass is 9.89. The van der Waals surface area contributed by atoms with Gasteiger partial charge in [0.05, 0.1) is 24.7 Å². The molecule has 0 saturated carbocycles. The number of alkyl halides is 3. The largest absolute Gasteiger partial charge is 0.497 e. The number of aromatic nitrogens is 2. The monoisotopic (exact) mass is 460 g/mol. The maximum absolute atomic E-state index is 12.8. The molecule has 2 N–H and O–H groups in total. The number of nitrogens with zero attached hydrogens (tertiary/aromatic N) is 2. The summed E-state index contributed by atoms with van der Waals surface area (Å²) in [5, 5.41) is 2.71. The summed E-state index contributed by atoms with van der Waals surface area (Å²) in [4.78, 5) is 32.9. The molecule has 3 aromatic rings. The van der Waals surface area contributed by atoms with Gasteiger partial charge in [0.2, 0.25) is 11.7 Å². The second kappa shape index (κ2) is 9.22. The number of imidazole rings is 1. The molecule has 2 heterocycles. The number of anilines is 1. The van der Waals surface area contributed by atoms with E-state index < -0.39 is 12.0 Å². The average Bonchev–Trinajstić information content (AvgIpc) is 3.23. The van der Waals surface area contributed by atoms with Crippen LogP contribution in [0.1, 0.15) is 29.0 Å². The molecular weight excluding hydrogens is 437 g/mol. The molecule has 0 atom stereocenters. The van der Waals surface area contributed by atoms with Gasteiger partial charge in [0.1, 0.15) is 5.75 Å². The number of hydrogen-bond donors (Lipinski definition) is 2. The zero-order chi connectivity index (χ0) is 23.6. The number of ketones is 1. The van der Waals surface area contributed by atoms with Crippen LogP contribution in [0.4, 0.5) is 18.9 Å². The first-order chi connectivity index (χ1) is 15.7. The number of halogens is 3. The van der Waals surface area contributed by atoms with Crippen LogP contribution in [0, 0.1) is 5.92 Å². The lowest BCUT2D eigenvalue weighted by Crippen LogP contribution is -2.40. The first-order valence-electron chi connectivity index (χ1n) is 10.5. The topological polar surface area (TPSA) is 87.3 Å². The third-order valence-electron chi connectivity index (χ3n) is 5.73. The van der Waals surface area contributed by atoms with Crippen molar-refractivity contribution in [3.8, 4) is 5.75 Å². The van der Waals surface area contributed by atoms with Crippen LogP contribution >= 0.6 is 0 Å². The number of Topliss-reactive ketones (excluding diaryl/α,β-unsaturated/α-hetero) is 1. The Hall–Kier alpha value is -3.40. The maximum atomic E-state index is 12.8. The van der Waals surface area contributed by atoms with Crippen molar-refractivity contribution in [2.45, 2.75) is 19.0 Å². The maximum Gasteiger partial charge on any atom is 0.449 e. The van der Waals surface area contributed by atoms with Gasteiger partial charge in [-0.25, -0.2) is 4.98 Å². The number of fused-ring (bicyclic) bond motifs is 1. The van der Waals surface area contributed by atoms with E-state index in [4.69, 9.17) is 4.74 Å². The van der Waals surface area contributed by atoms with Gasteiger partial charge < -0.3 is 15.0 Å². The first kappa shape index (κ1) is 22.8. The van der Waals surface area contributed by atoms with E-state index in [0.717, 1.165) is 0 Å². The summed E-state index contributed by atoms with van der Waals surface area (Å²) in [5.74, 6) is -0.658. The number of piperidine rings is 1. The number of likely N-dealkylation sites (tertiary alicyclic amines) is 1. The highest BCUT2D eigenvalue weighted by Crippen LogP contribution is 2.29. The minimum atomic E-state index is -4.57. The number of benzene rings is 2. The number of hydrogen-bond acceptors (Lipinski definition) is 5. The van der Waals surface area contributed by atoms with Crippen molar-refractivity contribution in [2.75, 3.05) is 32.1 Å². The molecule has 1 amide bonds. The fourth-order valence-corrected chi connectivity index (χ4v) is 3.97. The smallest absolute Gasteiger partial charge is 0.449 e. The standard InChI is InChI=1S/C23H23F3N4O3/c1-33-17-5-2-14(3-6-17)21(32)15-8-10-30(11-9-15)13-20(31)27-16-4-7-18-19(12-16)29-22(28-18)23(24,25)26/h2-7,12,15H,8-11,13H2,1H3,(H,27,31)(H,28,29). The number of H-pyrrole nitrogens is 1. The Morgan fingerprint density at radius 1 is 1.15 bits per heavy atom. The van der Waals surface area contributed by atoms with Crippen molar-refractivity contribution in [3.63, 3.8) is 0 Å².